The molecule has 0 radical (unpaired) electrons. The van der Waals surface area contributed by atoms with E-state index in [1.165, 1.54) is 12.3 Å². The Hall–Kier alpha value is -1.38. The van der Waals surface area contributed by atoms with E-state index in [9.17, 15) is 18.3 Å². The van der Waals surface area contributed by atoms with Crippen molar-refractivity contribution in [2.45, 2.75) is 42.7 Å². The number of nitrogens with one attached hydrogen (secondary N) is 1. The first-order chi connectivity index (χ1) is 9.97. The molecule has 3 rings (SSSR count). The van der Waals surface area contributed by atoms with Gasteiger partial charge < -0.3 is 14.4 Å². The molecule has 2 fully saturated rings. The molecule has 1 aliphatic carbocycles. The summed E-state index contributed by atoms with van der Waals surface area (Å²) in [5.74, 6) is -1.10. The van der Waals surface area contributed by atoms with Crippen LogP contribution in [0.1, 0.15) is 42.2 Å². The molecule has 8 heteroatoms. The van der Waals surface area contributed by atoms with E-state index in [-0.39, 0.29) is 22.7 Å². The summed E-state index contributed by atoms with van der Waals surface area (Å²) in [5, 5.41) is 9.19. The minimum atomic E-state index is -3.69. The number of aromatic carboxylic acids is 1. The lowest BCUT2D eigenvalue weighted by molar-refractivity contribution is 0.0685. The first-order valence-electron chi connectivity index (χ1n) is 7.02. The van der Waals surface area contributed by atoms with Crippen molar-refractivity contribution in [1.29, 1.82) is 0 Å². The SMILES string of the molecule is O=C(O)c1cc(S(=O)(=O)NC2CCOCC2)cn1C1CC1. The quantitative estimate of drug-likeness (QED) is 0.844. The topological polar surface area (TPSA) is 97.6 Å². The van der Waals surface area contributed by atoms with E-state index < -0.39 is 16.0 Å². The highest BCUT2D eigenvalue weighted by atomic mass is 32.2. The van der Waals surface area contributed by atoms with Gasteiger partial charge in [0.1, 0.15) is 10.6 Å². The van der Waals surface area contributed by atoms with Gasteiger partial charge in [0.15, 0.2) is 0 Å². The Labute approximate surface area is 123 Å². The van der Waals surface area contributed by atoms with E-state index in [2.05, 4.69) is 4.72 Å². The van der Waals surface area contributed by atoms with Gasteiger partial charge in [-0.25, -0.2) is 17.9 Å². The van der Waals surface area contributed by atoms with Gasteiger partial charge in [-0.15, -0.1) is 0 Å². The summed E-state index contributed by atoms with van der Waals surface area (Å²) in [6, 6.07) is 1.20. The second-order valence-corrected chi connectivity index (χ2v) is 7.23. The Morgan fingerprint density at radius 2 is 1.95 bits per heavy atom. The standard InChI is InChI=1S/C13H18N2O5S/c16-13(17)12-7-11(8-15(12)10-1-2-10)21(18,19)14-9-3-5-20-6-4-9/h7-10,14H,1-6H2,(H,16,17). The first-order valence-corrected chi connectivity index (χ1v) is 8.51. The molecule has 0 spiro atoms. The number of carbonyl (C=O) groups is 1. The van der Waals surface area contributed by atoms with E-state index in [4.69, 9.17) is 4.74 Å². The molecule has 0 aromatic carbocycles. The number of aromatic nitrogens is 1. The van der Waals surface area contributed by atoms with Crippen molar-refractivity contribution in [2.75, 3.05) is 13.2 Å². The maximum absolute atomic E-state index is 12.4. The Morgan fingerprint density at radius 3 is 2.52 bits per heavy atom. The Bertz CT molecular complexity index is 642. The van der Waals surface area contributed by atoms with Crippen LogP contribution in [0.2, 0.25) is 0 Å². The number of ether oxygens (including phenoxy) is 1. The van der Waals surface area contributed by atoms with E-state index >= 15 is 0 Å². The molecule has 2 heterocycles. The molecule has 1 aliphatic heterocycles. The molecule has 0 bridgehead atoms. The van der Waals surface area contributed by atoms with Gasteiger partial charge in [-0.1, -0.05) is 0 Å². The van der Waals surface area contributed by atoms with E-state index in [1.54, 1.807) is 4.57 Å². The fourth-order valence-corrected chi connectivity index (χ4v) is 3.86. The third kappa shape index (κ3) is 3.12. The molecular weight excluding hydrogens is 296 g/mol. The fourth-order valence-electron chi connectivity index (χ4n) is 2.53. The summed E-state index contributed by atoms with van der Waals surface area (Å²) in [7, 11) is -3.69. The van der Waals surface area contributed by atoms with E-state index in [1.807, 2.05) is 0 Å². The molecular formula is C13H18N2O5S. The van der Waals surface area contributed by atoms with Crippen molar-refractivity contribution in [2.24, 2.45) is 0 Å². The minimum Gasteiger partial charge on any atom is -0.477 e. The lowest BCUT2D eigenvalue weighted by Crippen LogP contribution is -2.38. The molecule has 0 amide bonds. The van der Waals surface area contributed by atoms with Crippen molar-refractivity contribution < 1.29 is 23.1 Å². The van der Waals surface area contributed by atoms with Crippen LogP contribution in [-0.4, -0.2) is 43.3 Å². The molecule has 1 aromatic heterocycles. The van der Waals surface area contributed by atoms with Gasteiger partial charge in [0, 0.05) is 31.5 Å². The lowest BCUT2D eigenvalue weighted by Gasteiger charge is -2.22. The van der Waals surface area contributed by atoms with Crippen LogP contribution < -0.4 is 4.72 Å². The van der Waals surface area contributed by atoms with Gasteiger partial charge in [-0.3, -0.25) is 0 Å². The predicted molar refractivity (Wildman–Crippen MR) is 73.8 cm³/mol. The molecule has 2 aliphatic rings. The monoisotopic (exact) mass is 314 g/mol. The summed E-state index contributed by atoms with van der Waals surface area (Å²) in [5.41, 5.74) is 0.0323. The maximum atomic E-state index is 12.4. The van der Waals surface area contributed by atoms with Crippen molar-refractivity contribution in [3.63, 3.8) is 0 Å². The highest BCUT2D eigenvalue weighted by Gasteiger charge is 2.31. The number of carboxylic acids is 1. The zero-order chi connectivity index (χ0) is 15.0. The van der Waals surface area contributed by atoms with Crippen LogP contribution in [0.4, 0.5) is 0 Å². The summed E-state index contributed by atoms with van der Waals surface area (Å²) in [6.07, 6.45) is 4.48. The van der Waals surface area contributed by atoms with Crippen LogP contribution in [0.5, 0.6) is 0 Å². The molecule has 2 N–H and O–H groups in total. The molecule has 7 nitrogen and oxygen atoms in total. The summed E-state index contributed by atoms with van der Waals surface area (Å²) >= 11 is 0. The smallest absolute Gasteiger partial charge is 0.352 e. The van der Waals surface area contributed by atoms with Gasteiger partial charge in [0.25, 0.3) is 0 Å². The number of hydrogen-bond acceptors (Lipinski definition) is 4. The van der Waals surface area contributed by atoms with Crippen molar-refractivity contribution in [1.82, 2.24) is 9.29 Å². The van der Waals surface area contributed by atoms with Gasteiger partial charge in [-0.2, -0.15) is 0 Å². The molecule has 116 valence electrons. The van der Waals surface area contributed by atoms with Gasteiger partial charge in [-0.05, 0) is 31.7 Å². The largest absolute Gasteiger partial charge is 0.477 e. The zero-order valence-electron chi connectivity index (χ0n) is 11.5. The van der Waals surface area contributed by atoms with Crippen LogP contribution >= 0.6 is 0 Å². The van der Waals surface area contributed by atoms with Crippen LogP contribution in [0, 0.1) is 0 Å². The summed E-state index contributed by atoms with van der Waals surface area (Å²) < 4.78 is 34.1. The lowest BCUT2D eigenvalue weighted by atomic mass is 10.1. The highest BCUT2D eigenvalue weighted by molar-refractivity contribution is 7.89. The van der Waals surface area contributed by atoms with Crippen LogP contribution in [0.25, 0.3) is 0 Å². The number of nitrogens with zero attached hydrogens (tertiary/aromatic N) is 1. The van der Waals surface area contributed by atoms with E-state index in [0.29, 0.717) is 26.1 Å². The number of carboxylic acid groups (broad SMARTS) is 1. The van der Waals surface area contributed by atoms with Crippen LogP contribution in [0.3, 0.4) is 0 Å². The second-order valence-electron chi connectivity index (χ2n) is 5.51. The van der Waals surface area contributed by atoms with Gasteiger partial charge >= 0.3 is 5.97 Å². The number of hydrogen-bond donors (Lipinski definition) is 2. The third-order valence-corrected chi connectivity index (χ3v) is 5.32. The summed E-state index contributed by atoms with van der Waals surface area (Å²) in [6.45, 7) is 1.08. The highest BCUT2D eigenvalue weighted by Crippen LogP contribution is 2.37. The van der Waals surface area contributed by atoms with Crippen molar-refractivity contribution in [3.8, 4) is 0 Å². The summed E-state index contributed by atoms with van der Waals surface area (Å²) in [4.78, 5) is 11.3. The minimum absolute atomic E-state index is 0.0262. The van der Waals surface area contributed by atoms with Crippen molar-refractivity contribution >= 4 is 16.0 Å². The molecule has 0 atom stereocenters. The normalized spacial score (nSPS) is 20.6. The third-order valence-electron chi connectivity index (χ3n) is 3.84. The van der Waals surface area contributed by atoms with E-state index in [0.717, 1.165) is 12.8 Å². The predicted octanol–water partition coefficient (Wildman–Crippen LogP) is 0.978. The average Bonchev–Trinajstić information content (AvgIpc) is 3.17. The number of rotatable bonds is 5. The maximum Gasteiger partial charge on any atom is 0.352 e. The Balaban J connectivity index is 1.84. The molecule has 1 aromatic rings. The fraction of sp³-hybridized carbons (Fsp3) is 0.615. The Kier molecular flexibility index (Phi) is 3.76. The zero-order valence-corrected chi connectivity index (χ0v) is 12.3. The van der Waals surface area contributed by atoms with Gasteiger partial charge in [0.05, 0.1) is 0 Å². The molecule has 1 saturated heterocycles. The Morgan fingerprint density at radius 1 is 1.29 bits per heavy atom. The van der Waals surface area contributed by atoms with Crippen molar-refractivity contribution in [3.05, 3.63) is 18.0 Å². The van der Waals surface area contributed by atoms with Crippen LogP contribution in [0.15, 0.2) is 17.2 Å². The first kappa shape index (κ1) is 14.6. The molecule has 0 unspecified atom stereocenters. The van der Waals surface area contributed by atoms with Gasteiger partial charge in [0.2, 0.25) is 10.0 Å². The van der Waals surface area contributed by atoms with Crippen LogP contribution in [-0.2, 0) is 14.8 Å². The molecule has 21 heavy (non-hydrogen) atoms. The average molecular weight is 314 g/mol. The molecule has 1 saturated carbocycles. The second kappa shape index (κ2) is 5.43. The number of sulfonamides is 1.